The summed E-state index contributed by atoms with van der Waals surface area (Å²) in [7, 11) is 0. The van der Waals surface area contributed by atoms with E-state index in [4.69, 9.17) is 4.42 Å². The lowest BCUT2D eigenvalue weighted by atomic mass is 9.81. The van der Waals surface area contributed by atoms with Crippen molar-refractivity contribution in [2.75, 3.05) is 0 Å². The molecular weight excluding hydrogens is 414 g/mol. The molecule has 1 heterocycles. The van der Waals surface area contributed by atoms with Gasteiger partial charge in [0.05, 0.1) is 11.6 Å². The van der Waals surface area contributed by atoms with Gasteiger partial charge in [-0.15, -0.1) is 0 Å². The second kappa shape index (κ2) is 6.59. The van der Waals surface area contributed by atoms with Gasteiger partial charge in [-0.3, -0.25) is 0 Å². The first kappa shape index (κ1) is 19.1. The fourth-order valence-electron chi connectivity index (χ4n) is 5.76. The SMILES string of the molecule is CC1(C)c2cc(C#N)ccc2-c2ccc(-c3cc4c5ccccc5oc4c4ccccc34)cc21. The van der Waals surface area contributed by atoms with Crippen molar-refractivity contribution in [3.63, 3.8) is 0 Å². The minimum absolute atomic E-state index is 0.171. The molecule has 2 nitrogen and oxygen atoms in total. The van der Waals surface area contributed by atoms with Crippen LogP contribution >= 0.6 is 0 Å². The van der Waals surface area contributed by atoms with Gasteiger partial charge in [0.25, 0.3) is 0 Å². The monoisotopic (exact) mass is 435 g/mol. The van der Waals surface area contributed by atoms with Gasteiger partial charge in [0.15, 0.2) is 0 Å². The third-order valence-corrected chi connectivity index (χ3v) is 7.50. The predicted octanol–water partition coefficient (Wildman–Crippen LogP) is 8.58. The third kappa shape index (κ3) is 2.44. The summed E-state index contributed by atoms with van der Waals surface area (Å²) < 4.78 is 6.30. The molecule has 0 spiro atoms. The van der Waals surface area contributed by atoms with Crippen molar-refractivity contribution in [2.24, 2.45) is 0 Å². The van der Waals surface area contributed by atoms with Crippen LogP contribution in [0.1, 0.15) is 30.5 Å². The van der Waals surface area contributed by atoms with E-state index in [-0.39, 0.29) is 5.41 Å². The van der Waals surface area contributed by atoms with Gasteiger partial charge in [-0.05, 0) is 69.1 Å². The standard InChI is InChI=1S/C32H21NO/c1-32(2)28-15-19(18-33)11-13-22(28)23-14-12-20(16-29(23)32)26-17-27-24-8-5-6-10-30(24)34-31(27)25-9-4-3-7-21(25)26/h3-17H,1-2H3. The molecule has 0 saturated carbocycles. The molecule has 1 aliphatic rings. The van der Waals surface area contributed by atoms with Crippen molar-refractivity contribution in [1.29, 1.82) is 5.26 Å². The highest BCUT2D eigenvalue weighted by Gasteiger charge is 2.36. The second-order valence-corrected chi connectivity index (χ2v) is 9.70. The minimum Gasteiger partial charge on any atom is -0.455 e. The smallest absolute Gasteiger partial charge is 0.143 e. The van der Waals surface area contributed by atoms with Crippen LogP contribution in [0.15, 0.2) is 95.4 Å². The number of rotatable bonds is 1. The van der Waals surface area contributed by atoms with Crippen LogP contribution in [0.2, 0.25) is 0 Å². The number of nitrogens with zero attached hydrogens (tertiary/aromatic N) is 1. The summed E-state index contributed by atoms with van der Waals surface area (Å²) in [5.74, 6) is 0. The van der Waals surface area contributed by atoms with Crippen molar-refractivity contribution in [3.8, 4) is 28.3 Å². The molecule has 6 aromatic rings. The maximum absolute atomic E-state index is 9.44. The third-order valence-electron chi connectivity index (χ3n) is 7.50. The zero-order chi connectivity index (χ0) is 23.0. The summed E-state index contributed by atoms with van der Waals surface area (Å²) in [6.07, 6.45) is 0. The largest absolute Gasteiger partial charge is 0.455 e. The van der Waals surface area contributed by atoms with Gasteiger partial charge in [-0.25, -0.2) is 0 Å². The van der Waals surface area contributed by atoms with Crippen LogP contribution in [-0.2, 0) is 5.41 Å². The maximum atomic E-state index is 9.44. The van der Waals surface area contributed by atoms with Crippen LogP contribution in [0.4, 0.5) is 0 Å². The molecule has 0 fully saturated rings. The molecule has 0 radical (unpaired) electrons. The van der Waals surface area contributed by atoms with E-state index in [0.717, 1.165) is 27.3 Å². The van der Waals surface area contributed by atoms with E-state index in [1.165, 1.54) is 38.8 Å². The van der Waals surface area contributed by atoms with Crippen LogP contribution in [-0.4, -0.2) is 0 Å². The van der Waals surface area contributed by atoms with Crippen molar-refractivity contribution in [2.45, 2.75) is 19.3 Å². The Bertz CT molecular complexity index is 1850. The summed E-state index contributed by atoms with van der Waals surface area (Å²) in [5.41, 5.74) is 9.82. The van der Waals surface area contributed by atoms with E-state index in [0.29, 0.717) is 5.56 Å². The first-order chi connectivity index (χ1) is 16.6. The molecule has 160 valence electrons. The lowest BCUT2D eigenvalue weighted by Crippen LogP contribution is -2.15. The topological polar surface area (TPSA) is 36.9 Å². The minimum atomic E-state index is -0.171. The summed E-state index contributed by atoms with van der Waals surface area (Å²) >= 11 is 0. The van der Waals surface area contributed by atoms with Crippen LogP contribution in [0.3, 0.4) is 0 Å². The molecule has 1 aliphatic carbocycles. The van der Waals surface area contributed by atoms with Crippen molar-refractivity contribution in [1.82, 2.24) is 0 Å². The van der Waals surface area contributed by atoms with Crippen molar-refractivity contribution >= 4 is 32.7 Å². The molecule has 7 rings (SSSR count). The van der Waals surface area contributed by atoms with Gasteiger partial charge in [-0.1, -0.05) is 74.5 Å². The number of nitriles is 1. The van der Waals surface area contributed by atoms with Crippen LogP contribution in [0.5, 0.6) is 0 Å². The molecule has 5 aromatic carbocycles. The summed E-state index contributed by atoms with van der Waals surface area (Å²) in [4.78, 5) is 0. The molecule has 0 amide bonds. The van der Waals surface area contributed by atoms with Crippen molar-refractivity contribution in [3.05, 3.63) is 108 Å². The van der Waals surface area contributed by atoms with E-state index in [9.17, 15) is 5.26 Å². The van der Waals surface area contributed by atoms with Gasteiger partial charge in [0, 0.05) is 21.6 Å². The fraction of sp³-hybridized carbons (Fsp3) is 0.0938. The van der Waals surface area contributed by atoms with Gasteiger partial charge >= 0.3 is 0 Å². The average Bonchev–Trinajstić information content (AvgIpc) is 3.36. The molecule has 0 N–H and O–H groups in total. The van der Waals surface area contributed by atoms with Crippen LogP contribution in [0.25, 0.3) is 55.0 Å². The molecule has 0 aliphatic heterocycles. The van der Waals surface area contributed by atoms with E-state index in [1.54, 1.807) is 0 Å². The maximum Gasteiger partial charge on any atom is 0.143 e. The molecule has 0 unspecified atom stereocenters. The first-order valence-electron chi connectivity index (χ1n) is 11.6. The van der Waals surface area contributed by atoms with E-state index >= 15 is 0 Å². The quantitative estimate of drug-likeness (QED) is 0.259. The van der Waals surface area contributed by atoms with Gasteiger partial charge in [-0.2, -0.15) is 5.26 Å². The Hall–Kier alpha value is -4.35. The molecule has 0 bridgehead atoms. The van der Waals surface area contributed by atoms with Crippen LogP contribution in [0, 0.1) is 11.3 Å². The summed E-state index contributed by atoms with van der Waals surface area (Å²) in [6, 6.07) is 34.2. The zero-order valence-electron chi connectivity index (χ0n) is 19.0. The number of benzene rings is 5. The zero-order valence-corrected chi connectivity index (χ0v) is 19.0. The van der Waals surface area contributed by atoms with Crippen molar-refractivity contribution < 1.29 is 4.42 Å². The van der Waals surface area contributed by atoms with Gasteiger partial charge < -0.3 is 4.42 Å². The van der Waals surface area contributed by atoms with E-state index in [1.807, 2.05) is 24.3 Å². The summed E-state index contributed by atoms with van der Waals surface area (Å²) in [6.45, 7) is 4.51. The van der Waals surface area contributed by atoms with E-state index < -0.39 is 0 Å². The second-order valence-electron chi connectivity index (χ2n) is 9.70. The molecule has 0 saturated heterocycles. The number of hydrogen-bond acceptors (Lipinski definition) is 2. The Kier molecular flexibility index (Phi) is 3.71. The van der Waals surface area contributed by atoms with Gasteiger partial charge in [0.1, 0.15) is 11.2 Å². The molecule has 0 atom stereocenters. The predicted molar refractivity (Wildman–Crippen MR) is 139 cm³/mol. The lowest BCUT2D eigenvalue weighted by Gasteiger charge is -2.22. The fourth-order valence-corrected chi connectivity index (χ4v) is 5.76. The average molecular weight is 436 g/mol. The van der Waals surface area contributed by atoms with Crippen LogP contribution < -0.4 is 0 Å². The first-order valence-corrected chi connectivity index (χ1v) is 11.6. The van der Waals surface area contributed by atoms with E-state index in [2.05, 4.69) is 86.6 Å². The van der Waals surface area contributed by atoms with Gasteiger partial charge in [0.2, 0.25) is 0 Å². The summed E-state index contributed by atoms with van der Waals surface area (Å²) in [5, 5.41) is 14.0. The number of hydrogen-bond donors (Lipinski definition) is 0. The molecule has 1 aromatic heterocycles. The normalized spacial score (nSPS) is 13.8. The Labute approximate surface area is 197 Å². The molecule has 34 heavy (non-hydrogen) atoms. The highest BCUT2D eigenvalue weighted by Crippen LogP contribution is 2.50. The Morgan fingerprint density at radius 2 is 1.32 bits per heavy atom. The number of fused-ring (bicyclic) bond motifs is 8. The highest BCUT2D eigenvalue weighted by molar-refractivity contribution is 6.19. The number of furan rings is 1. The Morgan fingerprint density at radius 1 is 0.647 bits per heavy atom. The number of para-hydroxylation sites is 1. The molecule has 2 heteroatoms. The Morgan fingerprint density at radius 3 is 2.12 bits per heavy atom. The molecular formula is C32H21NO. The highest BCUT2D eigenvalue weighted by atomic mass is 16.3. The Balaban J connectivity index is 1.52. The lowest BCUT2D eigenvalue weighted by molar-refractivity contribution is 0.660.